The highest BCUT2D eigenvalue weighted by molar-refractivity contribution is 5.42. The van der Waals surface area contributed by atoms with Crippen molar-refractivity contribution in [2.75, 3.05) is 7.11 Å². The summed E-state index contributed by atoms with van der Waals surface area (Å²) in [5.41, 5.74) is 1.20. The molecule has 0 aliphatic heterocycles. The van der Waals surface area contributed by atoms with Gasteiger partial charge in [-0.05, 0) is 38.0 Å². The number of ether oxygens (including phenoxy) is 2. The standard InChI is InChI=1S/C13H20O2/c1-9(2)12-8-11(14-5)6-7-13(12)15-10(3)4/h6-10H,1-5H3. The Labute approximate surface area is 92.2 Å². The highest BCUT2D eigenvalue weighted by atomic mass is 16.5. The molecule has 0 spiro atoms. The summed E-state index contributed by atoms with van der Waals surface area (Å²) < 4.78 is 11.0. The summed E-state index contributed by atoms with van der Waals surface area (Å²) in [6.07, 6.45) is 0.205. The van der Waals surface area contributed by atoms with E-state index in [4.69, 9.17) is 9.47 Å². The van der Waals surface area contributed by atoms with Gasteiger partial charge in [-0.1, -0.05) is 13.8 Å². The zero-order chi connectivity index (χ0) is 11.4. The zero-order valence-electron chi connectivity index (χ0n) is 10.2. The van der Waals surface area contributed by atoms with Crippen molar-refractivity contribution < 1.29 is 9.47 Å². The van der Waals surface area contributed by atoms with Crippen LogP contribution in [0.4, 0.5) is 0 Å². The lowest BCUT2D eigenvalue weighted by molar-refractivity contribution is 0.239. The molecule has 0 heterocycles. The monoisotopic (exact) mass is 208 g/mol. The van der Waals surface area contributed by atoms with Gasteiger partial charge in [0.15, 0.2) is 0 Å². The lowest BCUT2D eigenvalue weighted by atomic mass is 10.0. The maximum Gasteiger partial charge on any atom is 0.123 e. The van der Waals surface area contributed by atoms with Gasteiger partial charge in [-0.3, -0.25) is 0 Å². The molecular weight excluding hydrogens is 188 g/mol. The number of rotatable bonds is 4. The van der Waals surface area contributed by atoms with Crippen LogP contribution >= 0.6 is 0 Å². The Bertz CT molecular complexity index is 316. The Balaban J connectivity index is 3.03. The lowest BCUT2D eigenvalue weighted by Gasteiger charge is -2.17. The topological polar surface area (TPSA) is 18.5 Å². The molecule has 0 unspecified atom stereocenters. The first-order valence-corrected chi connectivity index (χ1v) is 5.39. The van der Waals surface area contributed by atoms with Gasteiger partial charge >= 0.3 is 0 Å². The molecule has 1 rings (SSSR count). The van der Waals surface area contributed by atoms with Crippen molar-refractivity contribution in [3.63, 3.8) is 0 Å². The fourth-order valence-corrected chi connectivity index (χ4v) is 1.47. The molecule has 0 aliphatic carbocycles. The molecule has 0 saturated heterocycles. The van der Waals surface area contributed by atoms with Gasteiger partial charge in [0.25, 0.3) is 0 Å². The normalized spacial score (nSPS) is 10.9. The summed E-state index contributed by atoms with van der Waals surface area (Å²) in [6.45, 7) is 8.38. The first-order chi connectivity index (χ1) is 7.04. The predicted molar refractivity (Wildman–Crippen MR) is 62.8 cm³/mol. The third-order valence-electron chi connectivity index (χ3n) is 2.20. The highest BCUT2D eigenvalue weighted by Crippen LogP contribution is 2.30. The van der Waals surface area contributed by atoms with Gasteiger partial charge in [0.1, 0.15) is 11.5 Å². The minimum atomic E-state index is 0.205. The first-order valence-electron chi connectivity index (χ1n) is 5.39. The molecule has 0 bridgehead atoms. The van der Waals surface area contributed by atoms with Crippen LogP contribution in [0.1, 0.15) is 39.2 Å². The van der Waals surface area contributed by atoms with E-state index in [9.17, 15) is 0 Å². The van der Waals surface area contributed by atoms with Gasteiger partial charge in [-0.25, -0.2) is 0 Å². The Morgan fingerprint density at radius 3 is 2.20 bits per heavy atom. The number of hydrogen-bond donors (Lipinski definition) is 0. The van der Waals surface area contributed by atoms with Crippen molar-refractivity contribution in [3.8, 4) is 11.5 Å². The molecule has 15 heavy (non-hydrogen) atoms. The molecule has 0 aliphatic rings. The van der Waals surface area contributed by atoms with Gasteiger partial charge in [-0.15, -0.1) is 0 Å². The fraction of sp³-hybridized carbons (Fsp3) is 0.538. The minimum absolute atomic E-state index is 0.205. The summed E-state index contributed by atoms with van der Waals surface area (Å²) in [7, 11) is 1.68. The minimum Gasteiger partial charge on any atom is -0.497 e. The lowest BCUT2D eigenvalue weighted by Crippen LogP contribution is -2.08. The molecule has 84 valence electrons. The van der Waals surface area contributed by atoms with Crippen LogP contribution < -0.4 is 9.47 Å². The van der Waals surface area contributed by atoms with Gasteiger partial charge < -0.3 is 9.47 Å². The van der Waals surface area contributed by atoms with E-state index >= 15 is 0 Å². The van der Waals surface area contributed by atoms with E-state index in [0.717, 1.165) is 11.5 Å². The van der Waals surface area contributed by atoms with E-state index in [1.807, 2.05) is 32.0 Å². The van der Waals surface area contributed by atoms with Crippen molar-refractivity contribution >= 4 is 0 Å². The zero-order valence-corrected chi connectivity index (χ0v) is 10.2. The molecule has 0 amide bonds. The van der Waals surface area contributed by atoms with Crippen LogP contribution in [-0.4, -0.2) is 13.2 Å². The summed E-state index contributed by atoms with van der Waals surface area (Å²) in [5.74, 6) is 2.28. The fourth-order valence-electron chi connectivity index (χ4n) is 1.47. The van der Waals surface area contributed by atoms with Crippen LogP contribution in [-0.2, 0) is 0 Å². The van der Waals surface area contributed by atoms with Gasteiger partial charge in [-0.2, -0.15) is 0 Å². The SMILES string of the molecule is COc1ccc(OC(C)C)c(C(C)C)c1. The molecule has 0 fully saturated rings. The first kappa shape index (κ1) is 11.9. The Morgan fingerprint density at radius 1 is 1.07 bits per heavy atom. The van der Waals surface area contributed by atoms with Gasteiger partial charge in [0, 0.05) is 5.56 Å². The van der Waals surface area contributed by atoms with Crippen LogP contribution in [0, 0.1) is 0 Å². The predicted octanol–water partition coefficient (Wildman–Crippen LogP) is 3.61. The average Bonchev–Trinajstić information content (AvgIpc) is 2.17. The second-order valence-corrected chi connectivity index (χ2v) is 4.23. The molecule has 2 heteroatoms. The van der Waals surface area contributed by atoms with E-state index in [2.05, 4.69) is 13.8 Å². The van der Waals surface area contributed by atoms with Crippen LogP contribution in [0.3, 0.4) is 0 Å². The van der Waals surface area contributed by atoms with Crippen LogP contribution in [0.25, 0.3) is 0 Å². The van der Waals surface area contributed by atoms with E-state index in [1.165, 1.54) is 5.56 Å². The third kappa shape index (κ3) is 3.15. The van der Waals surface area contributed by atoms with Crippen LogP contribution in [0.15, 0.2) is 18.2 Å². The number of hydrogen-bond acceptors (Lipinski definition) is 2. The largest absolute Gasteiger partial charge is 0.497 e. The average molecular weight is 208 g/mol. The second kappa shape index (κ2) is 5.06. The highest BCUT2D eigenvalue weighted by Gasteiger charge is 2.10. The van der Waals surface area contributed by atoms with E-state index in [0.29, 0.717) is 5.92 Å². The molecule has 2 nitrogen and oxygen atoms in total. The third-order valence-corrected chi connectivity index (χ3v) is 2.20. The van der Waals surface area contributed by atoms with Gasteiger partial charge in [0.05, 0.1) is 13.2 Å². The summed E-state index contributed by atoms with van der Waals surface area (Å²) >= 11 is 0. The summed E-state index contributed by atoms with van der Waals surface area (Å²) in [4.78, 5) is 0. The second-order valence-electron chi connectivity index (χ2n) is 4.23. The van der Waals surface area contributed by atoms with E-state index < -0.39 is 0 Å². The quantitative estimate of drug-likeness (QED) is 0.752. The molecule has 1 aromatic rings. The van der Waals surface area contributed by atoms with Crippen molar-refractivity contribution in [3.05, 3.63) is 23.8 Å². The molecule has 0 aromatic heterocycles. The van der Waals surface area contributed by atoms with Gasteiger partial charge in [0.2, 0.25) is 0 Å². The molecule has 0 radical (unpaired) electrons. The molecular formula is C13H20O2. The number of benzene rings is 1. The Morgan fingerprint density at radius 2 is 1.73 bits per heavy atom. The van der Waals surface area contributed by atoms with E-state index in [1.54, 1.807) is 7.11 Å². The maximum absolute atomic E-state index is 5.75. The summed E-state index contributed by atoms with van der Waals surface area (Å²) in [5, 5.41) is 0. The number of methoxy groups -OCH3 is 1. The molecule has 1 aromatic carbocycles. The smallest absolute Gasteiger partial charge is 0.123 e. The molecule has 0 N–H and O–H groups in total. The maximum atomic E-state index is 5.75. The van der Waals surface area contributed by atoms with Crippen molar-refractivity contribution in [2.24, 2.45) is 0 Å². The molecule has 0 saturated carbocycles. The van der Waals surface area contributed by atoms with Crippen molar-refractivity contribution in [2.45, 2.75) is 39.7 Å². The van der Waals surface area contributed by atoms with Crippen molar-refractivity contribution in [1.29, 1.82) is 0 Å². The van der Waals surface area contributed by atoms with Crippen molar-refractivity contribution in [1.82, 2.24) is 0 Å². The summed E-state index contributed by atoms with van der Waals surface area (Å²) in [6, 6.07) is 5.96. The van der Waals surface area contributed by atoms with E-state index in [-0.39, 0.29) is 6.10 Å². The Hall–Kier alpha value is -1.18. The van der Waals surface area contributed by atoms with Crippen LogP contribution in [0.2, 0.25) is 0 Å². The van der Waals surface area contributed by atoms with Crippen LogP contribution in [0.5, 0.6) is 11.5 Å². The Kier molecular flexibility index (Phi) is 4.01. The molecule has 0 atom stereocenters.